The lowest BCUT2D eigenvalue weighted by molar-refractivity contribution is -0.138. The number of benzene rings is 1. The van der Waals surface area contributed by atoms with Gasteiger partial charge < -0.3 is 15.4 Å². The molecule has 1 aliphatic heterocycles. The van der Waals surface area contributed by atoms with Crippen LogP contribution in [0.25, 0.3) is 0 Å². The Morgan fingerprint density at radius 1 is 1.14 bits per heavy atom. The number of nitrogens with zero attached hydrogens (tertiary/aromatic N) is 1. The summed E-state index contributed by atoms with van der Waals surface area (Å²) < 4.78 is 5.38. The monoisotopic (exact) mass is 300 g/mol. The molecule has 1 aromatic carbocycles. The highest BCUT2D eigenvalue weighted by atomic mass is 16.5. The smallest absolute Gasteiger partial charge is 0.233 e. The van der Waals surface area contributed by atoms with Gasteiger partial charge in [0.05, 0.1) is 18.6 Å². The normalized spacial score (nSPS) is 24.9. The van der Waals surface area contributed by atoms with Gasteiger partial charge in [-0.05, 0) is 43.2 Å². The summed E-state index contributed by atoms with van der Waals surface area (Å²) in [7, 11) is 0. The zero-order valence-electron chi connectivity index (χ0n) is 13.0. The molecule has 1 saturated heterocycles. The molecular weight excluding hydrogens is 276 g/mol. The Labute approximate surface area is 131 Å². The van der Waals surface area contributed by atoms with Crippen LogP contribution >= 0.6 is 0 Å². The van der Waals surface area contributed by atoms with Crippen LogP contribution in [0.2, 0.25) is 0 Å². The van der Waals surface area contributed by atoms with Crippen LogP contribution in [0.5, 0.6) is 0 Å². The molecule has 4 nitrogen and oxygen atoms in total. The highest BCUT2D eigenvalue weighted by Crippen LogP contribution is 2.52. The standard InChI is InChI=1S/C18H24N2O2/c19-17(5-6-17)13-14-3-1-2-4-15(14)18(7-8-18)16(21)20-9-11-22-12-10-20/h1-4H,5-13,19H2. The largest absolute Gasteiger partial charge is 0.378 e. The summed E-state index contributed by atoms with van der Waals surface area (Å²) in [5.74, 6) is 0.296. The van der Waals surface area contributed by atoms with E-state index >= 15 is 0 Å². The molecule has 1 heterocycles. The zero-order valence-corrected chi connectivity index (χ0v) is 13.0. The molecule has 2 N–H and O–H groups in total. The average molecular weight is 300 g/mol. The predicted molar refractivity (Wildman–Crippen MR) is 84.6 cm³/mol. The number of hydrogen-bond donors (Lipinski definition) is 1. The first-order valence-corrected chi connectivity index (χ1v) is 8.37. The first-order chi connectivity index (χ1) is 10.6. The molecule has 4 rings (SSSR count). The Hall–Kier alpha value is -1.39. The number of hydrogen-bond acceptors (Lipinski definition) is 3. The van der Waals surface area contributed by atoms with Gasteiger partial charge in [-0.3, -0.25) is 4.79 Å². The summed E-state index contributed by atoms with van der Waals surface area (Å²) in [5.41, 5.74) is 8.52. The molecule has 0 radical (unpaired) electrons. The van der Waals surface area contributed by atoms with Crippen molar-refractivity contribution in [2.75, 3.05) is 26.3 Å². The van der Waals surface area contributed by atoms with Crippen molar-refractivity contribution < 1.29 is 9.53 Å². The summed E-state index contributed by atoms with van der Waals surface area (Å²) in [5, 5.41) is 0. The Kier molecular flexibility index (Phi) is 3.27. The summed E-state index contributed by atoms with van der Waals surface area (Å²) in [6.07, 6.45) is 5.05. The molecule has 0 bridgehead atoms. The Balaban J connectivity index is 1.61. The minimum absolute atomic E-state index is 0.0196. The van der Waals surface area contributed by atoms with E-state index in [-0.39, 0.29) is 11.0 Å². The maximum atomic E-state index is 13.1. The minimum atomic E-state index is -0.279. The van der Waals surface area contributed by atoms with Gasteiger partial charge in [0.1, 0.15) is 0 Å². The molecule has 0 aromatic heterocycles. The average Bonchev–Trinajstić information content (AvgIpc) is 3.46. The Bertz CT molecular complexity index is 585. The van der Waals surface area contributed by atoms with E-state index in [0.717, 1.165) is 45.2 Å². The molecule has 0 unspecified atom stereocenters. The van der Waals surface area contributed by atoms with Gasteiger partial charge in [-0.25, -0.2) is 0 Å². The van der Waals surface area contributed by atoms with Crippen molar-refractivity contribution in [2.45, 2.75) is 43.1 Å². The highest BCUT2D eigenvalue weighted by Gasteiger charge is 2.54. The summed E-state index contributed by atoms with van der Waals surface area (Å²) in [6.45, 7) is 2.78. The summed E-state index contributed by atoms with van der Waals surface area (Å²) >= 11 is 0. The second-order valence-electron chi connectivity index (χ2n) is 7.18. The second-order valence-corrected chi connectivity index (χ2v) is 7.18. The van der Waals surface area contributed by atoms with Gasteiger partial charge in [0.2, 0.25) is 5.91 Å². The van der Waals surface area contributed by atoms with Crippen LogP contribution in [0.1, 0.15) is 36.8 Å². The predicted octanol–water partition coefficient (Wildman–Crippen LogP) is 1.61. The van der Waals surface area contributed by atoms with Gasteiger partial charge in [-0.1, -0.05) is 24.3 Å². The first-order valence-electron chi connectivity index (χ1n) is 8.37. The minimum Gasteiger partial charge on any atom is -0.378 e. The van der Waals surface area contributed by atoms with E-state index in [4.69, 9.17) is 10.5 Å². The van der Waals surface area contributed by atoms with Gasteiger partial charge in [0.25, 0.3) is 0 Å². The van der Waals surface area contributed by atoms with Crippen molar-refractivity contribution in [2.24, 2.45) is 5.73 Å². The fraction of sp³-hybridized carbons (Fsp3) is 0.611. The molecular formula is C18H24N2O2. The third-order valence-electron chi connectivity index (χ3n) is 5.43. The van der Waals surface area contributed by atoms with Crippen LogP contribution < -0.4 is 5.73 Å². The molecule has 22 heavy (non-hydrogen) atoms. The first kappa shape index (κ1) is 14.2. The van der Waals surface area contributed by atoms with E-state index in [1.807, 2.05) is 4.90 Å². The molecule has 1 amide bonds. The van der Waals surface area contributed by atoms with Crippen molar-refractivity contribution in [3.8, 4) is 0 Å². The molecule has 3 aliphatic rings. The molecule has 0 spiro atoms. The van der Waals surface area contributed by atoms with Crippen LogP contribution in [-0.4, -0.2) is 42.6 Å². The Morgan fingerprint density at radius 2 is 1.82 bits per heavy atom. The second kappa shape index (κ2) is 5.07. The van der Waals surface area contributed by atoms with Crippen LogP contribution in [-0.2, 0) is 21.4 Å². The fourth-order valence-corrected chi connectivity index (χ4v) is 3.65. The van der Waals surface area contributed by atoms with Crippen LogP contribution in [0, 0.1) is 0 Å². The van der Waals surface area contributed by atoms with E-state index in [2.05, 4.69) is 24.3 Å². The van der Waals surface area contributed by atoms with E-state index < -0.39 is 0 Å². The van der Waals surface area contributed by atoms with Crippen LogP contribution in [0.4, 0.5) is 0 Å². The van der Waals surface area contributed by atoms with Crippen LogP contribution in [0.15, 0.2) is 24.3 Å². The number of rotatable bonds is 4. The fourth-order valence-electron chi connectivity index (χ4n) is 3.65. The van der Waals surface area contributed by atoms with E-state index in [0.29, 0.717) is 19.1 Å². The zero-order chi connectivity index (χ0) is 15.2. The van der Waals surface area contributed by atoms with Gasteiger partial charge in [0, 0.05) is 18.6 Å². The van der Waals surface area contributed by atoms with Crippen LogP contribution in [0.3, 0.4) is 0 Å². The lowest BCUT2D eigenvalue weighted by Gasteiger charge is -2.31. The number of morpholine rings is 1. The van der Waals surface area contributed by atoms with Gasteiger partial charge >= 0.3 is 0 Å². The molecule has 3 fully saturated rings. The quantitative estimate of drug-likeness (QED) is 0.919. The third-order valence-corrected chi connectivity index (χ3v) is 5.43. The topological polar surface area (TPSA) is 55.6 Å². The molecule has 2 saturated carbocycles. The Morgan fingerprint density at radius 3 is 2.45 bits per heavy atom. The maximum Gasteiger partial charge on any atom is 0.233 e. The van der Waals surface area contributed by atoms with Gasteiger partial charge in [-0.15, -0.1) is 0 Å². The van der Waals surface area contributed by atoms with E-state index in [1.165, 1.54) is 11.1 Å². The lowest BCUT2D eigenvalue weighted by Crippen LogP contribution is -2.46. The van der Waals surface area contributed by atoms with Crippen molar-refractivity contribution in [3.05, 3.63) is 35.4 Å². The number of carbonyl (C=O) groups is 1. The molecule has 0 atom stereocenters. The number of nitrogens with two attached hydrogens (primary N) is 1. The molecule has 1 aromatic rings. The SMILES string of the molecule is NC1(Cc2ccccc2C2(C(=O)N3CCOCC3)CC2)CC1. The number of ether oxygens (including phenoxy) is 1. The molecule has 118 valence electrons. The van der Waals surface area contributed by atoms with Crippen molar-refractivity contribution in [1.82, 2.24) is 4.90 Å². The van der Waals surface area contributed by atoms with Crippen molar-refractivity contribution >= 4 is 5.91 Å². The van der Waals surface area contributed by atoms with Gasteiger partial charge in [-0.2, -0.15) is 0 Å². The third kappa shape index (κ3) is 2.44. The van der Waals surface area contributed by atoms with E-state index in [1.54, 1.807) is 0 Å². The molecule has 4 heteroatoms. The number of amides is 1. The summed E-state index contributed by atoms with van der Waals surface area (Å²) in [6, 6.07) is 8.43. The lowest BCUT2D eigenvalue weighted by atomic mass is 9.87. The van der Waals surface area contributed by atoms with E-state index in [9.17, 15) is 4.79 Å². The highest BCUT2D eigenvalue weighted by molar-refractivity contribution is 5.91. The van der Waals surface area contributed by atoms with Crippen molar-refractivity contribution in [1.29, 1.82) is 0 Å². The van der Waals surface area contributed by atoms with Crippen molar-refractivity contribution in [3.63, 3.8) is 0 Å². The summed E-state index contributed by atoms with van der Waals surface area (Å²) in [4.78, 5) is 15.0. The number of carbonyl (C=O) groups excluding carboxylic acids is 1. The molecule has 2 aliphatic carbocycles. The maximum absolute atomic E-state index is 13.1. The van der Waals surface area contributed by atoms with Gasteiger partial charge in [0.15, 0.2) is 0 Å².